The van der Waals surface area contributed by atoms with Gasteiger partial charge in [0.25, 0.3) is 0 Å². The van der Waals surface area contributed by atoms with Crippen molar-refractivity contribution >= 4 is 0 Å². The highest BCUT2D eigenvalue weighted by Crippen LogP contribution is 2.44. The van der Waals surface area contributed by atoms with Crippen molar-refractivity contribution in [2.45, 2.75) is 25.7 Å². The third-order valence-corrected chi connectivity index (χ3v) is 3.25. The molecule has 0 N–H and O–H groups in total. The molecule has 2 atom stereocenters. The van der Waals surface area contributed by atoms with Crippen LogP contribution >= 0.6 is 0 Å². The molecule has 0 nitrogen and oxygen atoms in total. The fraction of sp³-hybridized carbons (Fsp3) is 0.357. The van der Waals surface area contributed by atoms with Gasteiger partial charge in [0.2, 0.25) is 0 Å². The van der Waals surface area contributed by atoms with E-state index in [1.165, 1.54) is 24.0 Å². The van der Waals surface area contributed by atoms with E-state index >= 15 is 0 Å². The van der Waals surface area contributed by atoms with Gasteiger partial charge in [0.05, 0.1) is 0 Å². The van der Waals surface area contributed by atoms with Gasteiger partial charge in [-0.25, -0.2) is 0 Å². The zero-order valence-corrected chi connectivity index (χ0v) is 8.66. The monoisotopic (exact) mass is 184 g/mol. The van der Waals surface area contributed by atoms with Crippen molar-refractivity contribution in [1.29, 1.82) is 0 Å². The van der Waals surface area contributed by atoms with Crippen LogP contribution in [0.25, 0.3) is 0 Å². The van der Waals surface area contributed by atoms with Crippen LogP contribution in [-0.2, 0) is 0 Å². The standard InChI is InChI=1S/C14H16/c1-3-6-12-9-10-14(12)13-8-5-4-7-11(13)2/h4-8,12,14H,1,9-10H2,2H3. The first-order valence-electron chi connectivity index (χ1n) is 5.24. The van der Waals surface area contributed by atoms with E-state index in [2.05, 4.69) is 49.6 Å². The molecule has 0 radical (unpaired) electrons. The van der Waals surface area contributed by atoms with Gasteiger partial charge in [0, 0.05) is 0 Å². The van der Waals surface area contributed by atoms with Gasteiger partial charge in [-0.2, -0.15) is 0 Å². The van der Waals surface area contributed by atoms with Crippen LogP contribution in [0.2, 0.25) is 0 Å². The Hall–Kier alpha value is -1.26. The molecule has 1 aliphatic carbocycles. The second-order valence-corrected chi connectivity index (χ2v) is 4.08. The van der Waals surface area contributed by atoms with E-state index in [-0.39, 0.29) is 0 Å². The highest BCUT2D eigenvalue weighted by molar-refractivity contribution is 5.32. The average Bonchev–Trinajstić information content (AvgIpc) is 2.16. The second kappa shape index (κ2) is 3.86. The topological polar surface area (TPSA) is 0 Å². The SMILES string of the molecule is C=C=CC1CCC1c1ccccc1C. The smallest absolute Gasteiger partial charge is 0.00885 e. The Morgan fingerprint density at radius 1 is 1.36 bits per heavy atom. The molecule has 1 aromatic carbocycles. The Bertz CT molecular complexity index is 369. The van der Waals surface area contributed by atoms with E-state index in [1.807, 2.05) is 0 Å². The molecule has 0 bridgehead atoms. The predicted octanol–water partition coefficient (Wildman–Crippen LogP) is 3.83. The minimum absolute atomic E-state index is 0.675. The number of allylic oxidation sites excluding steroid dienone is 1. The molecule has 0 heteroatoms. The van der Waals surface area contributed by atoms with Crippen molar-refractivity contribution in [3.63, 3.8) is 0 Å². The molecule has 0 amide bonds. The van der Waals surface area contributed by atoms with E-state index in [0.717, 1.165) is 0 Å². The molecule has 0 saturated heterocycles. The Labute approximate surface area is 86.0 Å². The van der Waals surface area contributed by atoms with Crippen molar-refractivity contribution < 1.29 is 0 Å². The summed E-state index contributed by atoms with van der Waals surface area (Å²) < 4.78 is 0. The van der Waals surface area contributed by atoms with E-state index in [4.69, 9.17) is 0 Å². The van der Waals surface area contributed by atoms with Gasteiger partial charge in [-0.1, -0.05) is 30.8 Å². The van der Waals surface area contributed by atoms with E-state index in [1.54, 1.807) is 0 Å². The van der Waals surface area contributed by atoms with Crippen molar-refractivity contribution in [3.05, 3.63) is 53.8 Å². The van der Waals surface area contributed by atoms with E-state index in [0.29, 0.717) is 11.8 Å². The zero-order valence-electron chi connectivity index (χ0n) is 8.66. The first kappa shape index (κ1) is 9.30. The normalized spacial score (nSPS) is 24.9. The number of hydrogen-bond donors (Lipinski definition) is 0. The quantitative estimate of drug-likeness (QED) is 0.613. The molecule has 2 rings (SSSR count). The molecular formula is C14H16. The molecule has 1 fully saturated rings. The Morgan fingerprint density at radius 2 is 2.14 bits per heavy atom. The highest BCUT2D eigenvalue weighted by atomic mass is 14.3. The van der Waals surface area contributed by atoms with Crippen LogP contribution in [0.1, 0.15) is 29.9 Å². The Balaban J connectivity index is 2.24. The zero-order chi connectivity index (χ0) is 9.97. The fourth-order valence-electron chi connectivity index (χ4n) is 2.27. The minimum atomic E-state index is 0.675. The fourth-order valence-corrected chi connectivity index (χ4v) is 2.27. The first-order valence-corrected chi connectivity index (χ1v) is 5.24. The summed E-state index contributed by atoms with van der Waals surface area (Å²) in [5.74, 6) is 1.39. The second-order valence-electron chi connectivity index (χ2n) is 4.08. The van der Waals surface area contributed by atoms with Crippen molar-refractivity contribution in [2.75, 3.05) is 0 Å². The van der Waals surface area contributed by atoms with Gasteiger partial charge in [-0.15, -0.1) is 5.73 Å². The third kappa shape index (κ3) is 1.54. The molecule has 0 heterocycles. The predicted molar refractivity (Wildman–Crippen MR) is 60.4 cm³/mol. The van der Waals surface area contributed by atoms with Crippen LogP contribution in [0.5, 0.6) is 0 Å². The van der Waals surface area contributed by atoms with E-state index in [9.17, 15) is 0 Å². The maximum Gasteiger partial charge on any atom is -0.00885 e. The maximum absolute atomic E-state index is 3.65. The van der Waals surface area contributed by atoms with Gasteiger partial charge < -0.3 is 0 Å². The lowest BCUT2D eigenvalue weighted by Crippen LogP contribution is -2.22. The summed E-state index contributed by atoms with van der Waals surface area (Å²) in [5, 5.41) is 0. The van der Waals surface area contributed by atoms with Crippen molar-refractivity contribution in [1.82, 2.24) is 0 Å². The number of benzene rings is 1. The Kier molecular flexibility index (Phi) is 2.56. The molecule has 1 aliphatic rings. The lowest BCUT2D eigenvalue weighted by molar-refractivity contribution is 0.315. The average molecular weight is 184 g/mol. The van der Waals surface area contributed by atoms with Crippen LogP contribution in [0.3, 0.4) is 0 Å². The molecule has 14 heavy (non-hydrogen) atoms. The lowest BCUT2D eigenvalue weighted by Gasteiger charge is -2.35. The third-order valence-electron chi connectivity index (χ3n) is 3.25. The molecule has 0 aliphatic heterocycles. The van der Waals surface area contributed by atoms with Crippen LogP contribution < -0.4 is 0 Å². The molecule has 0 aromatic heterocycles. The number of hydrogen-bond acceptors (Lipinski definition) is 0. The van der Waals surface area contributed by atoms with Gasteiger partial charge in [0.1, 0.15) is 0 Å². The summed E-state index contributed by atoms with van der Waals surface area (Å²) in [7, 11) is 0. The first-order chi connectivity index (χ1) is 6.83. The van der Waals surface area contributed by atoms with Crippen LogP contribution in [0.15, 0.2) is 42.7 Å². The minimum Gasteiger partial charge on any atom is -0.133 e. The molecule has 1 aromatic rings. The molecule has 0 spiro atoms. The van der Waals surface area contributed by atoms with Crippen LogP contribution in [-0.4, -0.2) is 0 Å². The summed E-state index contributed by atoms with van der Waals surface area (Å²) in [6, 6.07) is 8.69. The lowest BCUT2D eigenvalue weighted by atomic mass is 9.69. The van der Waals surface area contributed by atoms with Crippen molar-refractivity contribution in [3.8, 4) is 0 Å². The summed E-state index contributed by atoms with van der Waals surface area (Å²) in [6.45, 7) is 5.85. The van der Waals surface area contributed by atoms with Crippen LogP contribution in [0, 0.1) is 12.8 Å². The van der Waals surface area contributed by atoms with Crippen LogP contribution in [0.4, 0.5) is 0 Å². The summed E-state index contributed by atoms with van der Waals surface area (Å²) >= 11 is 0. The summed E-state index contributed by atoms with van der Waals surface area (Å²) in [6.07, 6.45) is 4.73. The van der Waals surface area contributed by atoms with Gasteiger partial charge in [-0.05, 0) is 48.8 Å². The molecule has 1 saturated carbocycles. The number of aryl methyl sites for hydroxylation is 1. The summed E-state index contributed by atoms with van der Waals surface area (Å²) in [4.78, 5) is 0. The van der Waals surface area contributed by atoms with E-state index < -0.39 is 0 Å². The largest absolute Gasteiger partial charge is 0.133 e. The molecular weight excluding hydrogens is 168 g/mol. The molecule has 2 unspecified atom stereocenters. The summed E-state index contributed by atoms with van der Waals surface area (Å²) in [5.41, 5.74) is 5.84. The Morgan fingerprint density at radius 3 is 2.71 bits per heavy atom. The van der Waals surface area contributed by atoms with Gasteiger partial charge >= 0.3 is 0 Å². The van der Waals surface area contributed by atoms with Crippen molar-refractivity contribution in [2.24, 2.45) is 5.92 Å². The highest BCUT2D eigenvalue weighted by Gasteiger charge is 2.30. The molecule has 72 valence electrons. The van der Waals surface area contributed by atoms with Gasteiger partial charge in [-0.3, -0.25) is 0 Å². The maximum atomic E-state index is 3.65. The number of rotatable bonds is 2. The van der Waals surface area contributed by atoms with Gasteiger partial charge in [0.15, 0.2) is 0 Å².